The molecule has 1 aromatic heterocycles. The molecular weight excluding hydrogens is 574 g/mol. The molecule has 2 aromatic rings. The molecule has 1 aliphatic heterocycles. The molecule has 1 saturated heterocycles. The molecule has 12 nitrogen and oxygen atoms in total. The number of amides is 5. The number of benzene rings is 1. The van der Waals surface area contributed by atoms with Crippen molar-refractivity contribution in [1.29, 1.82) is 0 Å². The number of nitrogens with zero attached hydrogens (tertiary/aromatic N) is 3. The first-order valence-corrected chi connectivity index (χ1v) is 16.4. The van der Waals surface area contributed by atoms with Gasteiger partial charge in [0.1, 0.15) is 17.3 Å². The van der Waals surface area contributed by atoms with Gasteiger partial charge in [-0.25, -0.2) is 4.79 Å². The van der Waals surface area contributed by atoms with E-state index in [2.05, 4.69) is 26.4 Å². The standard InChI is InChI=1S/C33H43N7O5/c1-34-30(44)33(39-19-32(10-11-32)18-35-31(39)45)16-21-7-8-23(13-22(21)17-33)37-29(43)27(20-5-3-2-4-6-20)38-28(42)26-9-12-36-40(26)24-14-25(41)15-24/h7-9,12-13,20,24-25,27,41H,2-6,10-11,14-19H2,1H3,(H,34,44)(H,35,45)(H,37,43)(H,38,42)/t24?,25?,27-,33?/m0/s1. The number of hydrogen-bond acceptors (Lipinski definition) is 6. The molecule has 2 heterocycles. The van der Waals surface area contributed by atoms with Crippen LogP contribution in [0.15, 0.2) is 30.5 Å². The summed E-state index contributed by atoms with van der Waals surface area (Å²) in [5.74, 6) is -0.806. The monoisotopic (exact) mass is 617 g/mol. The maximum Gasteiger partial charge on any atom is 0.318 e. The second-order valence-electron chi connectivity index (χ2n) is 14.0. The Morgan fingerprint density at radius 1 is 1.07 bits per heavy atom. The van der Waals surface area contributed by atoms with Crippen LogP contribution in [0.2, 0.25) is 0 Å². The Kier molecular flexibility index (Phi) is 7.58. The number of aliphatic hydroxyl groups excluding tert-OH is 1. The zero-order valence-electron chi connectivity index (χ0n) is 25.8. The van der Waals surface area contributed by atoms with Gasteiger partial charge in [0.25, 0.3) is 5.91 Å². The number of hydrogen-bond donors (Lipinski definition) is 5. The van der Waals surface area contributed by atoms with E-state index in [1.54, 1.807) is 28.9 Å². The Hall–Kier alpha value is -3.93. The van der Waals surface area contributed by atoms with Crippen LogP contribution in [-0.4, -0.2) is 81.4 Å². The summed E-state index contributed by atoms with van der Waals surface area (Å²) in [7, 11) is 1.61. The second-order valence-corrected chi connectivity index (χ2v) is 14.0. The lowest BCUT2D eigenvalue weighted by molar-refractivity contribution is -0.131. The number of fused-ring (bicyclic) bond motifs is 1. The van der Waals surface area contributed by atoms with Crippen LogP contribution in [0.1, 0.15) is 85.4 Å². The third-order valence-electron chi connectivity index (χ3n) is 10.9. The summed E-state index contributed by atoms with van der Waals surface area (Å²) in [5, 5.41) is 26.0. The summed E-state index contributed by atoms with van der Waals surface area (Å²) >= 11 is 0. The van der Waals surface area contributed by atoms with Crippen molar-refractivity contribution < 1.29 is 24.3 Å². The highest BCUT2D eigenvalue weighted by atomic mass is 16.3. The highest BCUT2D eigenvalue weighted by Gasteiger charge is 2.57. The maximum absolute atomic E-state index is 13.9. The van der Waals surface area contributed by atoms with Crippen LogP contribution in [0.25, 0.3) is 0 Å². The van der Waals surface area contributed by atoms with Crippen molar-refractivity contribution in [3.05, 3.63) is 47.3 Å². The van der Waals surface area contributed by atoms with E-state index in [1.165, 1.54) is 0 Å². The molecule has 240 valence electrons. The molecule has 3 saturated carbocycles. The van der Waals surface area contributed by atoms with Crippen LogP contribution in [-0.2, 0) is 22.4 Å². The first-order chi connectivity index (χ1) is 21.7. The molecule has 45 heavy (non-hydrogen) atoms. The molecule has 7 rings (SSSR count). The van der Waals surface area contributed by atoms with E-state index in [1.807, 2.05) is 18.2 Å². The van der Waals surface area contributed by atoms with Gasteiger partial charge in [-0.05, 0) is 73.8 Å². The first-order valence-electron chi connectivity index (χ1n) is 16.4. The van der Waals surface area contributed by atoms with E-state index in [0.717, 1.165) is 56.1 Å². The molecule has 2 atom stereocenters. The van der Waals surface area contributed by atoms with Crippen molar-refractivity contribution in [2.75, 3.05) is 25.5 Å². The molecule has 1 aromatic carbocycles. The minimum absolute atomic E-state index is 0.00674. The molecular formula is C33H43N7O5. The number of aromatic nitrogens is 2. The highest BCUT2D eigenvalue weighted by Crippen LogP contribution is 2.49. The van der Waals surface area contributed by atoms with E-state index >= 15 is 0 Å². The summed E-state index contributed by atoms with van der Waals surface area (Å²) in [6, 6.07) is 6.37. The van der Waals surface area contributed by atoms with Crippen molar-refractivity contribution in [1.82, 2.24) is 30.6 Å². The first kappa shape index (κ1) is 29.8. The fourth-order valence-corrected chi connectivity index (χ4v) is 7.96. The van der Waals surface area contributed by atoms with Crippen molar-refractivity contribution in [2.45, 2.75) is 94.4 Å². The van der Waals surface area contributed by atoms with Gasteiger partial charge in [0.05, 0.1) is 12.1 Å². The summed E-state index contributed by atoms with van der Waals surface area (Å²) in [4.78, 5) is 55.7. The van der Waals surface area contributed by atoms with Gasteiger partial charge in [0.2, 0.25) is 11.8 Å². The van der Waals surface area contributed by atoms with Gasteiger partial charge in [-0.3, -0.25) is 19.1 Å². The lowest BCUT2D eigenvalue weighted by Gasteiger charge is -2.44. The molecule has 4 aliphatic carbocycles. The minimum atomic E-state index is -1.03. The predicted molar refractivity (Wildman–Crippen MR) is 165 cm³/mol. The summed E-state index contributed by atoms with van der Waals surface area (Å²) in [6.07, 6.45) is 10.00. The number of carbonyl (C=O) groups is 4. The van der Waals surface area contributed by atoms with E-state index in [9.17, 15) is 24.3 Å². The second kappa shape index (κ2) is 11.5. The maximum atomic E-state index is 13.9. The van der Waals surface area contributed by atoms with Gasteiger partial charge < -0.3 is 31.3 Å². The molecule has 1 unspecified atom stereocenters. The zero-order valence-corrected chi connectivity index (χ0v) is 25.8. The quantitative estimate of drug-likeness (QED) is 0.306. The molecule has 5 amide bonds. The van der Waals surface area contributed by atoms with Gasteiger partial charge in [-0.2, -0.15) is 5.10 Å². The Morgan fingerprint density at radius 2 is 1.82 bits per heavy atom. The number of aliphatic hydroxyl groups is 1. The largest absolute Gasteiger partial charge is 0.393 e. The summed E-state index contributed by atoms with van der Waals surface area (Å²) in [5.41, 5.74) is 1.90. The molecule has 0 radical (unpaired) electrons. The Morgan fingerprint density at radius 3 is 2.53 bits per heavy atom. The fourth-order valence-electron chi connectivity index (χ4n) is 7.96. The Balaban J connectivity index is 1.09. The fraction of sp³-hybridized carbons (Fsp3) is 0.606. The molecule has 5 aliphatic rings. The van der Waals surface area contributed by atoms with Crippen molar-refractivity contribution >= 4 is 29.4 Å². The number of rotatable bonds is 8. The van der Waals surface area contributed by atoms with E-state index < -0.39 is 11.6 Å². The zero-order chi connectivity index (χ0) is 31.3. The Bertz CT molecular complexity index is 1510. The van der Waals surface area contributed by atoms with Gasteiger partial charge in [-0.1, -0.05) is 25.3 Å². The topological polar surface area (TPSA) is 158 Å². The highest BCUT2D eigenvalue weighted by molar-refractivity contribution is 6.01. The summed E-state index contributed by atoms with van der Waals surface area (Å²) in [6.45, 7) is 1.22. The number of nitrogens with one attached hydrogen (secondary N) is 4. The predicted octanol–water partition coefficient (Wildman–Crippen LogP) is 2.29. The van der Waals surface area contributed by atoms with Crippen LogP contribution in [0.5, 0.6) is 0 Å². The van der Waals surface area contributed by atoms with Crippen molar-refractivity contribution in [2.24, 2.45) is 11.3 Å². The lowest BCUT2D eigenvalue weighted by Crippen LogP contribution is -2.67. The molecule has 0 bridgehead atoms. The van der Waals surface area contributed by atoms with Gasteiger partial charge in [0, 0.05) is 50.3 Å². The van der Waals surface area contributed by atoms with Gasteiger partial charge in [-0.15, -0.1) is 0 Å². The van der Waals surface area contributed by atoms with Crippen LogP contribution < -0.4 is 21.3 Å². The molecule has 4 fully saturated rings. The smallest absolute Gasteiger partial charge is 0.318 e. The van der Waals surface area contributed by atoms with E-state index in [0.29, 0.717) is 50.2 Å². The summed E-state index contributed by atoms with van der Waals surface area (Å²) < 4.78 is 1.66. The van der Waals surface area contributed by atoms with Crippen LogP contribution in [0.4, 0.5) is 10.5 Å². The normalized spacial score (nSPS) is 27.6. The molecule has 5 N–H and O–H groups in total. The van der Waals surface area contributed by atoms with Crippen LogP contribution in [0, 0.1) is 11.3 Å². The molecule has 12 heteroatoms. The molecule has 1 spiro atoms. The number of carbonyl (C=O) groups excluding carboxylic acids is 4. The Labute approximate surface area is 262 Å². The minimum Gasteiger partial charge on any atom is -0.393 e. The number of urea groups is 1. The van der Waals surface area contributed by atoms with Crippen molar-refractivity contribution in [3.63, 3.8) is 0 Å². The van der Waals surface area contributed by atoms with Crippen LogP contribution in [0.3, 0.4) is 0 Å². The average Bonchev–Trinajstić information content (AvgIpc) is 3.42. The van der Waals surface area contributed by atoms with Gasteiger partial charge >= 0.3 is 6.03 Å². The van der Waals surface area contributed by atoms with Gasteiger partial charge in [0.15, 0.2) is 0 Å². The van der Waals surface area contributed by atoms with E-state index in [-0.39, 0.29) is 47.2 Å². The lowest BCUT2D eigenvalue weighted by atomic mass is 9.83. The average molecular weight is 618 g/mol. The number of anilines is 1. The number of likely N-dealkylation sites (N-methyl/N-ethyl adjacent to an activating group) is 1. The SMILES string of the molecule is CNC(=O)C1(N2CC3(CC3)CNC2=O)Cc2ccc(NC(=O)[C@@H](NC(=O)c3ccnn3C3CC(O)C3)C3CCCCC3)cc2C1. The third-order valence-corrected chi connectivity index (χ3v) is 10.9. The van der Waals surface area contributed by atoms with Crippen molar-refractivity contribution in [3.8, 4) is 0 Å². The third kappa shape index (κ3) is 5.47. The van der Waals surface area contributed by atoms with Crippen LogP contribution >= 0.6 is 0 Å². The van der Waals surface area contributed by atoms with E-state index in [4.69, 9.17) is 0 Å².